The highest BCUT2D eigenvalue weighted by Crippen LogP contribution is 2.24. The SMILES string of the molecule is CC(NC(=O)O)c1nc2c(I)cccc2c(=O)n1-c1cccc(C(F)F)c1. The lowest BCUT2D eigenvalue weighted by Gasteiger charge is -2.19. The topological polar surface area (TPSA) is 84.2 Å². The molecule has 0 saturated carbocycles. The largest absolute Gasteiger partial charge is 0.465 e. The van der Waals surface area contributed by atoms with E-state index in [1.807, 2.05) is 22.6 Å². The smallest absolute Gasteiger partial charge is 0.405 e. The van der Waals surface area contributed by atoms with E-state index in [1.165, 1.54) is 35.8 Å². The number of benzene rings is 2. The molecular weight excluding hydrogens is 471 g/mol. The number of nitrogens with zero attached hydrogens (tertiary/aromatic N) is 2. The summed E-state index contributed by atoms with van der Waals surface area (Å²) in [6.45, 7) is 1.53. The number of nitrogens with one attached hydrogen (secondary N) is 1. The number of carboxylic acid groups (broad SMARTS) is 1. The number of carbonyl (C=O) groups is 1. The van der Waals surface area contributed by atoms with Gasteiger partial charge in [0.15, 0.2) is 0 Å². The number of hydrogen-bond donors (Lipinski definition) is 2. The monoisotopic (exact) mass is 485 g/mol. The molecule has 1 amide bonds. The molecule has 1 atom stereocenters. The van der Waals surface area contributed by atoms with Gasteiger partial charge in [-0.3, -0.25) is 9.36 Å². The Balaban J connectivity index is 2.35. The van der Waals surface area contributed by atoms with Crippen LogP contribution in [0.1, 0.15) is 30.8 Å². The van der Waals surface area contributed by atoms with Gasteiger partial charge in [0, 0.05) is 9.13 Å². The molecule has 3 rings (SSSR count). The number of aromatic nitrogens is 2. The molecule has 1 aromatic heterocycles. The van der Waals surface area contributed by atoms with Crippen LogP contribution in [0, 0.1) is 3.57 Å². The molecule has 140 valence electrons. The van der Waals surface area contributed by atoms with Gasteiger partial charge in [0.1, 0.15) is 5.82 Å². The van der Waals surface area contributed by atoms with Gasteiger partial charge in [0.25, 0.3) is 12.0 Å². The maximum atomic E-state index is 13.1. The molecule has 0 fully saturated rings. The lowest BCUT2D eigenvalue weighted by Crippen LogP contribution is -2.32. The molecule has 6 nitrogen and oxygen atoms in total. The van der Waals surface area contributed by atoms with Gasteiger partial charge in [0.05, 0.1) is 22.6 Å². The van der Waals surface area contributed by atoms with E-state index in [9.17, 15) is 18.4 Å². The second kappa shape index (κ2) is 7.59. The van der Waals surface area contributed by atoms with Gasteiger partial charge in [0.2, 0.25) is 0 Å². The number of hydrogen-bond acceptors (Lipinski definition) is 3. The number of fused-ring (bicyclic) bond motifs is 1. The summed E-state index contributed by atoms with van der Waals surface area (Å²) in [6, 6.07) is 9.61. The van der Waals surface area contributed by atoms with Crippen molar-refractivity contribution in [3.63, 3.8) is 0 Å². The Morgan fingerprint density at radius 2 is 1.96 bits per heavy atom. The van der Waals surface area contributed by atoms with E-state index in [2.05, 4.69) is 10.3 Å². The Bertz CT molecular complexity index is 1090. The standard InChI is InChI=1S/C18H14F2IN3O3/c1-9(22-18(26)27)16-23-14-12(6-3-7-13(14)21)17(25)24(16)11-5-2-4-10(8-11)15(19)20/h2-9,15,22H,1H3,(H,26,27). The molecule has 0 radical (unpaired) electrons. The number of rotatable bonds is 4. The quantitative estimate of drug-likeness (QED) is 0.542. The Morgan fingerprint density at radius 1 is 1.26 bits per heavy atom. The average molecular weight is 485 g/mol. The Kier molecular flexibility index (Phi) is 5.40. The van der Waals surface area contributed by atoms with Crippen LogP contribution in [0.3, 0.4) is 0 Å². The summed E-state index contributed by atoms with van der Waals surface area (Å²) in [6.07, 6.45) is -3.99. The van der Waals surface area contributed by atoms with Crippen LogP contribution in [0.25, 0.3) is 16.6 Å². The van der Waals surface area contributed by atoms with Crippen molar-refractivity contribution in [1.82, 2.24) is 14.9 Å². The van der Waals surface area contributed by atoms with Crippen molar-refractivity contribution in [3.8, 4) is 5.69 Å². The molecule has 0 aliphatic rings. The first kappa shape index (κ1) is 19.2. The third kappa shape index (κ3) is 3.77. The zero-order valence-corrected chi connectivity index (χ0v) is 16.1. The molecule has 27 heavy (non-hydrogen) atoms. The Hall–Kier alpha value is -2.56. The van der Waals surface area contributed by atoms with Crippen LogP contribution in [-0.2, 0) is 0 Å². The molecule has 0 aliphatic carbocycles. The van der Waals surface area contributed by atoms with Crippen molar-refractivity contribution < 1.29 is 18.7 Å². The van der Waals surface area contributed by atoms with Crippen LogP contribution in [-0.4, -0.2) is 20.8 Å². The van der Waals surface area contributed by atoms with Crippen LogP contribution >= 0.6 is 22.6 Å². The highest BCUT2D eigenvalue weighted by molar-refractivity contribution is 14.1. The Labute approximate surface area is 166 Å². The lowest BCUT2D eigenvalue weighted by molar-refractivity contribution is 0.151. The van der Waals surface area contributed by atoms with Gasteiger partial charge < -0.3 is 10.4 Å². The highest BCUT2D eigenvalue weighted by atomic mass is 127. The predicted molar refractivity (Wildman–Crippen MR) is 105 cm³/mol. The minimum Gasteiger partial charge on any atom is -0.465 e. The Morgan fingerprint density at radius 3 is 2.63 bits per heavy atom. The highest BCUT2D eigenvalue weighted by Gasteiger charge is 2.21. The third-order valence-corrected chi connectivity index (χ3v) is 4.85. The van der Waals surface area contributed by atoms with E-state index in [-0.39, 0.29) is 17.1 Å². The number of halogens is 3. The molecule has 3 aromatic rings. The second-order valence-corrected chi connectivity index (χ2v) is 6.98. The van der Waals surface area contributed by atoms with E-state index < -0.39 is 24.1 Å². The van der Waals surface area contributed by atoms with Gasteiger partial charge in [-0.25, -0.2) is 18.6 Å². The third-order valence-electron chi connectivity index (χ3n) is 3.98. The number of amides is 1. The van der Waals surface area contributed by atoms with Crippen molar-refractivity contribution in [2.45, 2.75) is 19.4 Å². The van der Waals surface area contributed by atoms with E-state index in [0.29, 0.717) is 10.9 Å². The van der Waals surface area contributed by atoms with E-state index in [4.69, 9.17) is 5.11 Å². The molecule has 0 spiro atoms. The maximum absolute atomic E-state index is 13.1. The van der Waals surface area contributed by atoms with Crippen molar-refractivity contribution >= 4 is 39.6 Å². The van der Waals surface area contributed by atoms with E-state index in [0.717, 1.165) is 3.57 Å². The fourth-order valence-electron chi connectivity index (χ4n) is 2.78. The van der Waals surface area contributed by atoms with Crippen molar-refractivity contribution in [3.05, 3.63) is 67.8 Å². The van der Waals surface area contributed by atoms with Crippen LogP contribution in [0.5, 0.6) is 0 Å². The van der Waals surface area contributed by atoms with Crippen LogP contribution in [0.2, 0.25) is 0 Å². The van der Waals surface area contributed by atoms with E-state index in [1.54, 1.807) is 18.2 Å². The summed E-state index contributed by atoms with van der Waals surface area (Å²) >= 11 is 2.03. The molecule has 0 aliphatic heterocycles. The fourth-order valence-corrected chi connectivity index (χ4v) is 3.40. The summed E-state index contributed by atoms with van der Waals surface area (Å²) in [4.78, 5) is 28.7. The summed E-state index contributed by atoms with van der Waals surface area (Å²) in [5, 5.41) is 11.6. The second-order valence-electron chi connectivity index (χ2n) is 5.81. The lowest BCUT2D eigenvalue weighted by atomic mass is 10.1. The first-order valence-corrected chi connectivity index (χ1v) is 8.96. The molecule has 9 heteroatoms. The summed E-state index contributed by atoms with van der Waals surface area (Å²) in [5.74, 6) is 0.116. The maximum Gasteiger partial charge on any atom is 0.405 e. The first-order valence-electron chi connectivity index (χ1n) is 7.88. The minimum atomic E-state index is -2.70. The fraction of sp³-hybridized carbons (Fsp3) is 0.167. The average Bonchev–Trinajstić information content (AvgIpc) is 2.61. The van der Waals surface area contributed by atoms with Gasteiger partial charge in [-0.15, -0.1) is 0 Å². The first-order chi connectivity index (χ1) is 12.8. The van der Waals surface area contributed by atoms with Crippen molar-refractivity contribution in [2.75, 3.05) is 0 Å². The molecule has 2 N–H and O–H groups in total. The summed E-state index contributed by atoms with van der Waals surface area (Å²) in [7, 11) is 0. The normalized spacial score (nSPS) is 12.3. The van der Waals surface area contributed by atoms with Gasteiger partial charge >= 0.3 is 6.09 Å². The molecule has 1 heterocycles. The summed E-state index contributed by atoms with van der Waals surface area (Å²) in [5.41, 5.74) is -0.0792. The van der Waals surface area contributed by atoms with Gasteiger partial charge in [-0.2, -0.15) is 0 Å². The van der Waals surface area contributed by atoms with Crippen LogP contribution in [0.15, 0.2) is 47.3 Å². The van der Waals surface area contributed by atoms with Gasteiger partial charge in [-0.05, 0) is 53.8 Å². The van der Waals surface area contributed by atoms with Gasteiger partial charge in [-0.1, -0.05) is 18.2 Å². The summed E-state index contributed by atoms with van der Waals surface area (Å²) < 4.78 is 28.1. The zero-order chi connectivity index (χ0) is 19.7. The zero-order valence-electron chi connectivity index (χ0n) is 14.0. The minimum absolute atomic E-state index is 0.116. The molecular formula is C18H14F2IN3O3. The molecule has 2 aromatic carbocycles. The number of alkyl halides is 2. The predicted octanol–water partition coefficient (Wildman–Crippen LogP) is 4.26. The molecule has 0 saturated heterocycles. The van der Waals surface area contributed by atoms with Crippen molar-refractivity contribution in [1.29, 1.82) is 0 Å². The van der Waals surface area contributed by atoms with Crippen LogP contribution < -0.4 is 10.9 Å². The van der Waals surface area contributed by atoms with Crippen LogP contribution in [0.4, 0.5) is 13.6 Å². The molecule has 0 bridgehead atoms. The van der Waals surface area contributed by atoms with E-state index >= 15 is 0 Å². The van der Waals surface area contributed by atoms with Crippen molar-refractivity contribution in [2.24, 2.45) is 0 Å². The molecule has 1 unspecified atom stereocenters. The number of para-hydroxylation sites is 1.